The summed E-state index contributed by atoms with van der Waals surface area (Å²) in [4.78, 5) is 44.9. The Hall–Kier alpha value is -3.00. The van der Waals surface area contributed by atoms with E-state index in [1.807, 2.05) is 50.3 Å². The van der Waals surface area contributed by atoms with Gasteiger partial charge in [-0.3, -0.25) is 14.4 Å². The first-order valence-corrected chi connectivity index (χ1v) is 21.3. The number of nitrogens with zero attached hydrogens (tertiary/aromatic N) is 1. The van der Waals surface area contributed by atoms with Gasteiger partial charge in [0.25, 0.3) is 0 Å². The summed E-state index contributed by atoms with van der Waals surface area (Å²) in [7, 11) is -2.25. The normalized spacial score (nSPS) is 35.1. The molecule has 0 radical (unpaired) electrons. The van der Waals surface area contributed by atoms with E-state index in [2.05, 4.69) is 24.2 Å². The summed E-state index contributed by atoms with van der Waals surface area (Å²) in [6.07, 6.45) is 9.32. The van der Waals surface area contributed by atoms with Crippen LogP contribution in [0.15, 0.2) is 59.0 Å². The summed E-state index contributed by atoms with van der Waals surface area (Å²) in [6, 6.07) is 8.03. The van der Waals surface area contributed by atoms with E-state index >= 15 is 0 Å². The van der Waals surface area contributed by atoms with Crippen LogP contribution >= 0.6 is 18.7 Å². The van der Waals surface area contributed by atoms with Crippen LogP contribution in [-0.4, -0.2) is 72.2 Å². The molecule has 0 aliphatic heterocycles. The molecule has 0 heterocycles. The lowest BCUT2D eigenvalue weighted by atomic mass is 9.46. The Kier molecular flexibility index (Phi) is 11.7. The van der Waals surface area contributed by atoms with Gasteiger partial charge in [0.2, 0.25) is 5.78 Å². The molecule has 0 unspecified atom stereocenters. The molecule has 0 saturated heterocycles. The van der Waals surface area contributed by atoms with Gasteiger partial charge >= 0.3 is 11.9 Å². The van der Waals surface area contributed by atoms with Gasteiger partial charge in [0.05, 0.1) is 6.10 Å². The van der Waals surface area contributed by atoms with Crippen LogP contribution in [0.25, 0.3) is 6.08 Å². The van der Waals surface area contributed by atoms with E-state index in [1.165, 1.54) is 0 Å². The van der Waals surface area contributed by atoms with E-state index in [0.29, 0.717) is 31.6 Å². The number of aliphatic hydroxyl groups is 1. The van der Waals surface area contributed by atoms with Gasteiger partial charge in [0.1, 0.15) is 19.5 Å². The highest BCUT2D eigenvalue weighted by Gasteiger charge is 2.73. The number of hydrogen-bond acceptors (Lipinski definition) is 9. The number of carbonyl (C=O) groups is 3. The molecule has 3 saturated carbocycles. The molecule has 4 aliphatic carbocycles. The lowest BCUT2D eigenvalue weighted by Crippen LogP contribution is -2.65. The van der Waals surface area contributed by atoms with Crippen molar-refractivity contribution in [3.63, 3.8) is 0 Å². The number of alkyl halides is 1. The quantitative estimate of drug-likeness (QED) is 0.0764. The molecule has 0 aromatic heterocycles. The highest BCUT2D eigenvalue weighted by atomic mass is 35.5. The summed E-state index contributed by atoms with van der Waals surface area (Å²) in [5, 5.41) is 16.2. The van der Waals surface area contributed by atoms with Gasteiger partial charge in [-0.2, -0.15) is 0 Å². The van der Waals surface area contributed by atoms with Crippen molar-refractivity contribution in [2.75, 3.05) is 26.5 Å². The molecule has 3 fully saturated rings. The highest BCUT2D eigenvalue weighted by Crippen LogP contribution is 2.69. The van der Waals surface area contributed by atoms with Gasteiger partial charge in [0.15, 0.2) is 12.2 Å². The molecule has 1 aromatic carbocycles. The zero-order valence-electron chi connectivity index (χ0n) is 30.9. The van der Waals surface area contributed by atoms with Crippen LogP contribution in [0.3, 0.4) is 0 Å². The van der Waals surface area contributed by atoms with Crippen molar-refractivity contribution in [1.82, 2.24) is 0 Å². The molecular weight excluding hydrogens is 689 g/mol. The summed E-state index contributed by atoms with van der Waals surface area (Å²) in [5.74, 6) is -0.628. The van der Waals surface area contributed by atoms with Crippen molar-refractivity contribution in [1.29, 1.82) is 0 Å². The van der Waals surface area contributed by atoms with E-state index < -0.39 is 54.0 Å². The number of benzene rings is 1. The summed E-state index contributed by atoms with van der Waals surface area (Å²) >= 11 is 7.31. The molecule has 1 N–H and O–H groups in total. The second-order valence-corrected chi connectivity index (χ2v) is 19.4. The van der Waals surface area contributed by atoms with Gasteiger partial charge in [0, 0.05) is 47.3 Å². The van der Waals surface area contributed by atoms with Crippen LogP contribution in [-0.2, 0) is 39.7 Å². The minimum absolute atomic E-state index is 0.0858. The second kappa shape index (κ2) is 15.2. The van der Waals surface area contributed by atoms with Gasteiger partial charge in [-0.25, -0.2) is 0 Å². The molecule has 9 nitrogen and oxygen atoms in total. The third kappa shape index (κ3) is 7.59. The van der Waals surface area contributed by atoms with Crippen LogP contribution in [0.2, 0.25) is 0 Å². The lowest BCUT2D eigenvalue weighted by molar-refractivity contribution is -0.205. The van der Waals surface area contributed by atoms with Crippen molar-refractivity contribution in [2.45, 2.75) is 90.2 Å². The molecule has 4 aliphatic rings. The Morgan fingerprint density at radius 1 is 1.14 bits per heavy atom. The SMILES string of the molecule is CCC(=O)OCC(=O)[C@@]1(OC(=O)CC)[C@H](C)C[C@H]2[C@H]3[C@H]([C@@H](O)C[C@@]21C)[C@@]1(C)C=C/C(=N\OCCc2cccc(/C=C/P(C)(C)=O)c2)C=C1C[C@H]3Cl. The zero-order valence-corrected chi connectivity index (χ0v) is 32.5. The Balaban J connectivity index is 1.35. The van der Waals surface area contributed by atoms with Crippen LogP contribution in [0.5, 0.6) is 0 Å². The average molecular weight is 742 g/mol. The van der Waals surface area contributed by atoms with E-state index in [0.717, 1.165) is 16.7 Å². The number of aliphatic hydroxyl groups excluding tert-OH is 1. The lowest BCUT2D eigenvalue weighted by Gasteiger charge is -2.61. The highest BCUT2D eigenvalue weighted by molar-refractivity contribution is 7.65. The Morgan fingerprint density at radius 3 is 2.55 bits per heavy atom. The fraction of sp³-hybridized carbons (Fsp3) is 0.600. The number of ether oxygens (including phenoxy) is 2. The molecule has 1 aromatic rings. The van der Waals surface area contributed by atoms with Crippen molar-refractivity contribution in [2.24, 2.45) is 39.7 Å². The maximum Gasteiger partial charge on any atom is 0.306 e. The number of Topliss-reactive ketones (excluding diaryl/α,β-unsaturated/α-hetero) is 1. The standard InChI is InChI=1S/C40H53ClNO8P/c1-8-34(45)48-24-33(44)40(50-35(46)9-2)25(3)19-30-36-31(41)22-28-21-29(13-16-38(28,4)37(36)32(43)23-39(30,40)5)42-49-17-14-26-11-10-12-27(20-26)15-18-51(6,7)47/h10-13,15-16,18,20-21,25,30-32,36-37,43H,8-9,14,17,19,22-24H2,1-7H3/b18-15+,42-29+/t25-,30+,31-,32+,36-,37+,38+,39+,40+/m1/s1. The van der Waals surface area contributed by atoms with Gasteiger partial charge in [-0.05, 0) is 73.5 Å². The van der Waals surface area contributed by atoms with Crippen LogP contribution in [0.1, 0.15) is 77.8 Å². The fourth-order valence-corrected chi connectivity index (χ4v) is 10.5. The largest absolute Gasteiger partial charge is 0.457 e. The van der Waals surface area contributed by atoms with Gasteiger partial charge in [-0.15, -0.1) is 11.6 Å². The number of fused-ring (bicyclic) bond motifs is 5. The van der Waals surface area contributed by atoms with E-state index in [-0.39, 0.29) is 48.3 Å². The molecule has 11 heteroatoms. The zero-order chi connectivity index (χ0) is 37.4. The molecule has 0 bridgehead atoms. The number of esters is 2. The Bertz CT molecular complexity index is 1700. The third-order valence-corrected chi connectivity index (χ3v) is 13.2. The van der Waals surface area contributed by atoms with E-state index in [9.17, 15) is 24.1 Å². The molecular formula is C40H53ClNO8P. The summed E-state index contributed by atoms with van der Waals surface area (Å²) in [6.45, 7) is 12.7. The Labute approximate surface area is 307 Å². The first kappa shape index (κ1) is 39.2. The maximum absolute atomic E-state index is 14.1. The average Bonchev–Trinajstić information content (AvgIpc) is 3.30. The van der Waals surface area contributed by atoms with E-state index in [4.69, 9.17) is 25.9 Å². The van der Waals surface area contributed by atoms with Gasteiger partial charge in [-0.1, -0.05) is 81.8 Å². The molecule has 9 atom stereocenters. The first-order chi connectivity index (χ1) is 24.0. The van der Waals surface area contributed by atoms with Crippen molar-refractivity contribution in [3.8, 4) is 0 Å². The molecule has 51 heavy (non-hydrogen) atoms. The molecule has 0 amide bonds. The summed E-state index contributed by atoms with van der Waals surface area (Å²) < 4.78 is 23.5. The van der Waals surface area contributed by atoms with Crippen molar-refractivity contribution < 1.29 is 38.4 Å². The molecule has 0 spiro atoms. The van der Waals surface area contributed by atoms with Gasteiger partial charge < -0.3 is 24.0 Å². The minimum atomic E-state index is -2.25. The number of hydrogen-bond donors (Lipinski definition) is 1. The first-order valence-electron chi connectivity index (χ1n) is 18.1. The number of allylic oxidation sites excluding steroid dienone is 4. The van der Waals surface area contributed by atoms with Crippen LogP contribution < -0.4 is 0 Å². The summed E-state index contributed by atoms with van der Waals surface area (Å²) in [5.41, 5.74) is 0.806. The predicted molar refractivity (Wildman–Crippen MR) is 200 cm³/mol. The van der Waals surface area contributed by atoms with Crippen LogP contribution in [0, 0.1) is 34.5 Å². The number of halogens is 1. The molecule has 278 valence electrons. The number of oxime groups is 1. The monoisotopic (exact) mass is 741 g/mol. The molecule has 5 rings (SSSR count). The predicted octanol–water partition coefficient (Wildman–Crippen LogP) is 7.58. The van der Waals surface area contributed by atoms with E-state index in [1.54, 1.807) is 33.0 Å². The van der Waals surface area contributed by atoms with Crippen LogP contribution in [0.4, 0.5) is 0 Å². The smallest absolute Gasteiger partial charge is 0.306 e. The third-order valence-electron chi connectivity index (χ3n) is 11.9. The second-order valence-electron chi connectivity index (χ2n) is 15.6. The Morgan fingerprint density at radius 2 is 1.86 bits per heavy atom. The number of rotatable bonds is 12. The van der Waals surface area contributed by atoms with Crippen molar-refractivity contribution >= 4 is 48.3 Å². The number of carbonyl (C=O) groups excluding carboxylic acids is 3. The maximum atomic E-state index is 14.1. The number of ketones is 1. The minimum Gasteiger partial charge on any atom is -0.457 e. The topological polar surface area (TPSA) is 129 Å². The fourth-order valence-electron chi connectivity index (χ4n) is 9.51. The van der Waals surface area contributed by atoms with Crippen molar-refractivity contribution in [3.05, 3.63) is 65.0 Å².